The normalized spacial score (nSPS) is 11.6. The Hall–Kier alpha value is -3.00. The topological polar surface area (TPSA) is 115 Å². The van der Waals surface area contributed by atoms with Gasteiger partial charge in [0, 0.05) is 26.2 Å². The summed E-state index contributed by atoms with van der Waals surface area (Å²) in [6, 6.07) is 7.03. The highest BCUT2D eigenvalue weighted by Crippen LogP contribution is 2.23. The second kappa shape index (κ2) is 8.59. The average Bonchev–Trinajstić information content (AvgIpc) is 3.01. The van der Waals surface area contributed by atoms with Gasteiger partial charge in [-0.05, 0) is 32.9 Å². The maximum Gasteiger partial charge on any atom is 0.255 e. The van der Waals surface area contributed by atoms with Crippen molar-refractivity contribution in [2.75, 3.05) is 19.0 Å². The van der Waals surface area contributed by atoms with Crippen LogP contribution in [0.3, 0.4) is 0 Å². The Balaban J connectivity index is 2.06. The van der Waals surface area contributed by atoms with Crippen LogP contribution in [0.4, 0.5) is 5.69 Å². The smallest absolute Gasteiger partial charge is 0.255 e. The molecule has 0 fully saturated rings. The van der Waals surface area contributed by atoms with Crippen molar-refractivity contribution in [3.05, 3.63) is 47.2 Å². The number of anilines is 1. The number of benzene rings is 1. The number of carbonyl (C=O) groups excluding carboxylic acids is 1. The van der Waals surface area contributed by atoms with Gasteiger partial charge in [0.1, 0.15) is 17.1 Å². The molecular formula is C19H25N5O3. The van der Waals surface area contributed by atoms with E-state index in [4.69, 9.17) is 9.83 Å². The third-order valence-electron chi connectivity index (χ3n) is 3.92. The summed E-state index contributed by atoms with van der Waals surface area (Å²) in [5.74, 6) is 0.880. The van der Waals surface area contributed by atoms with Crippen LogP contribution in [0, 0.1) is 12.3 Å². The minimum Gasteiger partial charge on any atom is -0.446 e. The Kier molecular flexibility index (Phi) is 6.46. The molecule has 1 amide bonds. The number of aromatic nitrogens is 1. The fourth-order valence-electron chi connectivity index (χ4n) is 2.61. The molecule has 27 heavy (non-hydrogen) atoms. The lowest BCUT2D eigenvalue weighted by atomic mass is 10.0. The molecule has 0 aliphatic heterocycles. The predicted octanol–water partition coefficient (Wildman–Crippen LogP) is 2.57. The monoisotopic (exact) mass is 371 g/mol. The van der Waals surface area contributed by atoms with Crippen LogP contribution in [0.25, 0.3) is 0 Å². The van der Waals surface area contributed by atoms with Crippen LogP contribution in [0.1, 0.15) is 41.6 Å². The van der Waals surface area contributed by atoms with Crippen molar-refractivity contribution in [3.8, 4) is 0 Å². The molecule has 0 unspecified atom stereocenters. The number of hydrogen-bond acceptors (Lipinski definition) is 7. The fourth-order valence-corrected chi connectivity index (χ4v) is 2.61. The van der Waals surface area contributed by atoms with Gasteiger partial charge in [0.05, 0.1) is 17.5 Å². The maximum absolute atomic E-state index is 12.7. The van der Waals surface area contributed by atoms with Crippen LogP contribution >= 0.6 is 0 Å². The van der Waals surface area contributed by atoms with Gasteiger partial charge < -0.3 is 19.8 Å². The lowest BCUT2D eigenvalue weighted by molar-refractivity contribution is 0.0726. The molecule has 8 nitrogen and oxygen atoms in total. The lowest BCUT2D eigenvalue weighted by Gasteiger charge is -2.18. The molecule has 1 heterocycles. The first-order chi connectivity index (χ1) is 12.7. The summed E-state index contributed by atoms with van der Waals surface area (Å²) in [5, 5.41) is 20.9. The van der Waals surface area contributed by atoms with Crippen molar-refractivity contribution in [3.63, 3.8) is 0 Å². The Morgan fingerprint density at radius 3 is 2.78 bits per heavy atom. The summed E-state index contributed by atoms with van der Waals surface area (Å²) in [4.78, 5) is 18.7. The highest BCUT2D eigenvalue weighted by Gasteiger charge is 2.25. The molecule has 144 valence electrons. The van der Waals surface area contributed by atoms with E-state index in [9.17, 15) is 9.90 Å². The Morgan fingerprint density at radius 2 is 2.15 bits per heavy atom. The number of likely N-dealkylation sites (N-methyl/N-ethyl adjacent to an activating group) is 1. The van der Waals surface area contributed by atoms with Crippen LogP contribution in [0.2, 0.25) is 0 Å². The third-order valence-corrected chi connectivity index (χ3v) is 3.92. The maximum atomic E-state index is 12.7. The molecule has 0 saturated heterocycles. The average molecular weight is 371 g/mol. The van der Waals surface area contributed by atoms with Crippen LogP contribution in [0.15, 0.2) is 33.8 Å². The Morgan fingerprint density at radius 1 is 1.44 bits per heavy atom. The largest absolute Gasteiger partial charge is 0.446 e. The number of aliphatic hydroxyl groups is 1. The van der Waals surface area contributed by atoms with E-state index >= 15 is 0 Å². The van der Waals surface area contributed by atoms with Crippen LogP contribution in [0.5, 0.6) is 0 Å². The molecule has 0 saturated carbocycles. The van der Waals surface area contributed by atoms with Crippen molar-refractivity contribution >= 4 is 24.0 Å². The zero-order valence-electron chi connectivity index (χ0n) is 16.0. The number of hydrazone groups is 1. The molecule has 2 aromatic rings. The van der Waals surface area contributed by atoms with Gasteiger partial charge in [0.25, 0.3) is 5.91 Å². The standard InChI is InChI=1S/C19H25N5O3/c1-13-17(19(2,3)26)22-16(27-13)9-12-24(4)18(25)14-7-5-6-8-15(14)23-21-11-10-20/h5-8,10-11,20,23,26H,9,12H2,1-4H3/b20-10?,21-11-. The van der Waals surface area contributed by atoms with Crippen molar-refractivity contribution < 1.29 is 14.3 Å². The second-order valence-electron chi connectivity index (χ2n) is 6.65. The van der Waals surface area contributed by atoms with Crippen LogP contribution in [-0.4, -0.2) is 46.9 Å². The van der Waals surface area contributed by atoms with E-state index in [1.807, 2.05) is 0 Å². The first kappa shape index (κ1) is 20.3. The van der Waals surface area contributed by atoms with E-state index in [-0.39, 0.29) is 5.91 Å². The van der Waals surface area contributed by atoms with Gasteiger partial charge in [0.2, 0.25) is 0 Å². The Labute approximate surface area is 158 Å². The lowest BCUT2D eigenvalue weighted by Crippen LogP contribution is -2.29. The van der Waals surface area contributed by atoms with E-state index in [1.54, 1.807) is 57.0 Å². The summed E-state index contributed by atoms with van der Waals surface area (Å²) in [7, 11) is 1.70. The molecule has 0 bridgehead atoms. The van der Waals surface area contributed by atoms with Crippen LogP contribution < -0.4 is 5.43 Å². The minimum atomic E-state index is -1.07. The molecule has 1 aromatic heterocycles. The number of amides is 1. The van der Waals surface area contributed by atoms with E-state index in [2.05, 4.69) is 15.5 Å². The summed E-state index contributed by atoms with van der Waals surface area (Å²) in [6.07, 6.45) is 2.76. The molecule has 0 aliphatic rings. The third kappa shape index (κ3) is 5.24. The number of nitrogens with one attached hydrogen (secondary N) is 2. The zero-order chi connectivity index (χ0) is 20.0. The molecule has 8 heteroatoms. The quantitative estimate of drug-likeness (QED) is 0.487. The van der Waals surface area contributed by atoms with Gasteiger partial charge in [-0.1, -0.05) is 12.1 Å². The minimum absolute atomic E-state index is 0.172. The van der Waals surface area contributed by atoms with Crippen LogP contribution in [-0.2, 0) is 12.0 Å². The summed E-state index contributed by atoms with van der Waals surface area (Å²) in [5.41, 5.74) is 3.23. The molecular weight excluding hydrogens is 346 g/mol. The first-order valence-electron chi connectivity index (χ1n) is 8.55. The van der Waals surface area contributed by atoms with E-state index in [1.165, 1.54) is 6.21 Å². The highest BCUT2D eigenvalue weighted by molar-refractivity contribution is 6.14. The first-order valence-corrected chi connectivity index (χ1v) is 8.55. The molecule has 0 atom stereocenters. The van der Waals surface area contributed by atoms with Crippen molar-refractivity contribution in [1.82, 2.24) is 9.88 Å². The Bertz CT molecular complexity index is 836. The van der Waals surface area contributed by atoms with Gasteiger partial charge in [-0.15, -0.1) is 0 Å². The molecule has 1 aromatic carbocycles. The highest BCUT2D eigenvalue weighted by atomic mass is 16.4. The molecule has 0 spiro atoms. The molecule has 2 rings (SSSR count). The molecule has 0 aliphatic carbocycles. The van der Waals surface area contributed by atoms with Crippen molar-refractivity contribution in [1.29, 1.82) is 5.41 Å². The summed E-state index contributed by atoms with van der Waals surface area (Å²) in [6.45, 7) is 5.47. The predicted molar refractivity (Wildman–Crippen MR) is 104 cm³/mol. The number of carbonyl (C=O) groups is 1. The fraction of sp³-hybridized carbons (Fsp3) is 0.368. The number of hydrogen-bond donors (Lipinski definition) is 3. The van der Waals surface area contributed by atoms with Gasteiger partial charge in [-0.2, -0.15) is 5.10 Å². The number of rotatable bonds is 8. The summed E-state index contributed by atoms with van der Waals surface area (Å²) < 4.78 is 5.60. The van der Waals surface area contributed by atoms with E-state index in [0.717, 1.165) is 6.21 Å². The van der Waals surface area contributed by atoms with E-state index in [0.29, 0.717) is 41.6 Å². The molecule has 3 N–H and O–H groups in total. The van der Waals surface area contributed by atoms with E-state index < -0.39 is 5.60 Å². The number of aryl methyl sites for hydroxylation is 1. The summed E-state index contributed by atoms with van der Waals surface area (Å²) >= 11 is 0. The van der Waals surface area contributed by atoms with Gasteiger partial charge in [-0.3, -0.25) is 10.2 Å². The van der Waals surface area contributed by atoms with Crippen molar-refractivity contribution in [2.24, 2.45) is 5.10 Å². The number of nitrogens with zero attached hydrogens (tertiary/aromatic N) is 3. The zero-order valence-corrected chi connectivity index (χ0v) is 16.0. The SMILES string of the molecule is Cc1oc(CCN(C)C(=O)c2ccccc2N/N=C\C=N)nc1C(C)(C)O. The van der Waals surface area contributed by atoms with Gasteiger partial charge in [-0.25, -0.2) is 4.98 Å². The van der Waals surface area contributed by atoms with Crippen molar-refractivity contribution in [2.45, 2.75) is 32.8 Å². The molecule has 0 radical (unpaired) electrons. The number of para-hydroxylation sites is 1. The van der Waals surface area contributed by atoms with Gasteiger partial charge >= 0.3 is 0 Å². The van der Waals surface area contributed by atoms with Gasteiger partial charge in [0.15, 0.2) is 5.89 Å². The second-order valence-corrected chi connectivity index (χ2v) is 6.65. The number of oxazole rings is 1.